The lowest BCUT2D eigenvalue weighted by Gasteiger charge is -2.30. The second-order valence-corrected chi connectivity index (χ2v) is 9.72. The topological polar surface area (TPSA) is 47.2 Å². The predicted molar refractivity (Wildman–Crippen MR) is 100 cm³/mol. The van der Waals surface area contributed by atoms with E-state index in [9.17, 15) is 8.42 Å². The van der Waals surface area contributed by atoms with Gasteiger partial charge < -0.3 is 9.13 Å². The number of hydrogen-bond acceptors (Lipinski definition) is 4. The van der Waals surface area contributed by atoms with Crippen molar-refractivity contribution in [2.24, 2.45) is 13.0 Å². The summed E-state index contributed by atoms with van der Waals surface area (Å²) in [6, 6.07) is 8.24. The third kappa shape index (κ3) is 3.43. The second-order valence-electron chi connectivity index (χ2n) is 7.12. The lowest BCUT2D eigenvalue weighted by molar-refractivity contribution is 0.147. The molecule has 3 rings (SSSR count). The van der Waals surface area contributed by atoms with E-state index in [0.717, 1.165) is 22.3 Å². The molecule has 1 aromatic carbocycles. The molecule has 2 heterocycles. The van der Waals surface area contributed by atoms with Crippen molar-refractivity contribution in [2.45, 2.75) is 33.0 Å². The van der Waals surface area contributed by atoms with E-state index in [1.54, 1.807) is 0 Å². The minimum atomic E-state index is -2.90. The Bertz CT molecular complexity index is 896. The summed E-state index contributed by atoms with van der Waals surface area (Å²) in [4.78, 5) is 2.29. The minimum absolute atomic E-state index is 0.0817. The van der Waals surface area contributed by atoms with Gasteiger partial charge in [0.05, 0.1) is 29.2 Å². The summed E-state index contributed by atoms with van der Waals surface area (Å²) in [5.74, 6) is 1.03. The fraction of sp³-hybridized carbons (Fsp3) is 0.588. The Morgan fingerprint density at radius 1 is 1.29 bits per heavy atom. The van der Waals surface area contributed by atoms with E-state index in [4.69, 9.17) is 12.2 Å². The first-order chi connectivity index (χ1) is 11.3. The molecule has 24 heavy (non-hydrogen) atoms. The summed E-state index contributed by atoms with van der Waals surface area (Å²) in [6.45, 7) is 5.83. The van der Waals surface area contributed by atoms with Crippen molar-refractivity contribution < 1.29 is 8.42 Å². The minimum Gasteiger partial charge on any atom is -0.320 e. The Kier molecular flexibility index (Phi) is 4.86. The van der Waals surface area contributed by atoms with Gasteiger partial charge >= 0.3 is 0 Å². The van der Waals surface area contributed by atoms with Crippen LogP contribution in [0.5, 0.6) is 0 Å². The molecule has 0 unspecified atom stereocenters. The van der Waals surface area contributed by atoms with Gasteiger partial charge in [-0.25, -0.2) is 8.42 Å². The van der Waals surface area contributed by atoms with E-state index < -0.39 is 9.84 Å². The van der Waals surface area contributed by atoms with Crippen LogP contribution in [-0.2, 0) is 23.6 Å². The van der Waals surface area contributed by atoms with E-state index in [-0.39, 0.29) is 11.8 Å². The maximum Gasteiger partial charge on any atom is 0.181 e. The Labute approximate surface area is 148 Å². The molecule has 0 aliphatic carbocycles. The van der Waals surface area contributed by atoms with Crippen molar-refractivity contribution in [3.63, 3.8) is 0 Å². The number of aryl methyl sites for hydroxylation is 1. The predicted octanol–water partition coefficient (Wildman–Crippen LogP) is 2.81. The molecular formula is C17H25N3O2S2. The number of hydrogen-bond donors (Lipinski definition) is 0. The zero-order valence-electron chi connectivity index (χ0n) is 14.5. The van der Waals surface area contributed by atoms with Crippen LogP contribution in [-0.4, -0.2) is 46.5 Å². The normalized spacial score (nSPS) is 20.5. The maximum absolute atomic E-state index is 11.9. The van der Waals surface area contributed by atoms with Gasteiger partial charge in [-0.2, -0.15) is 0 Å². The average molecular weight is 368 g/mol. The molecule has 0 bridgehead atoms. The van der Waals surface area contributed by atoms with Gasteiger partial charge in [-0.15, -0.1) is 0 Å². The molecular weight excluding hydrogens is 342 g/mol. The van der Waals surface area contributed by atoms with Crippen molar-refractivity contribution >= 4 is 33.1 Å². The Hall–Kier alpha value is -1.18. The third-order valence-electron chi connectivity index (χ3n) is 4.70. The Balaban J connectivity index is 1.96. The monoisotopic (exact) mass is 367 g/mol. The largest absolute Gasteiger partial charge is 0.320 e. The number of imidazole rings is 1. The van der Waals surface area contributed by atoms with Gasteiger partial charge in [0.15, 0.2) is 14.6 Å². The number of benzene rings is 1. The number of rotatable bonds is 5. The molecule has 1 aliphatic heterocycles. The summed E-state index contributed by atoms with van der Waals surface area (Å²) in [5, 5.41) is 0. The van der Waals surface area contributed by atoms with Gasteiger partial charge in [0.25, 0.3) is 0 Å². The number of fused-ring (bicyclic) bond motifs is 1. The van der Waals surface area contributed by atoms with Gasteiger partial charge in [-0.1, -0.05) is 26.0 Å². The number of nitrogens with zero attached hydrogens (tertiary/aromatic N) is 3. The van der Waals surface area contributed by atoms with Crippen LogP contribution in [0.3, 0.4) is 0 Å². The quantitative estimate of drug-likeness (QED) is 0.763. The van der Waals surface area contributed by atoms with Crippen LogP contribution in [0.2, 0.25) is 0 Å². The highest BCUT2D eigenvalue weighted by atomic mass is 32.2. The molecule has 1 saturated heterocycles. The lowest BCUT2D eigenvalue weighted by Crippen LogP contribution is -2.40. The van der Waals surface area contributed by atoms with Crippen LogP contribution in [0.4, 0.5) is 0 Å². The average Bonchev–Trinajstić information content (AvgIpc) is 2.99. The first-order valence-corrected chi connectivity index (χ1v) is 10.6. The summed E-state index contributed by atoms with van der Waals surface area (Å²) >= 11 is 5.63. The SMILES string of the molecule is CC(C)CN(Cn1c(=S)n(C)c2ccccc21)[C@H]1CCS(=O)(=O)C1. The molecule has 1 atom stereocenters. The standard InChI is InChI=1S/C17H25N3O2S2/c1-13(2)10-19(14-8-9-24(21,22)11-14)12-20-16-7-5-4-6-15(16)18(3)17(20)23/h4-7,13-14H,8-12H2,1-3H3/t14-/m0/s1. The molecule has 0 N–H and O–H groups in total. The van der Waals surface area contributed by atoms with Crippen molar-refractivity contribution in [2.75, 3.05) is 18.1 Å². The molecule has 0 spiro atoms. The van der Waals surface area contributed by atoms with Gasteiger partial charge in [0, 0.05) is 19.6 Å². The fourth-order valence-electron chi connectivity index (χ4n) is 3.54. The highest BCUT2D eigenvalue weighted by Crippen LogP contribution is 2.22. The van der Waals surface area contributed by atoms with Crippen molar-refractivity contribution in [3.05, 3.63) is 29.0 Å². The molecule has 2 aromatic rings. The summed E-state index contributed by atoms with van der Waals surface area (Å²) < 4.78 is 28.7. The summed E-state index contributed by atoms with van der Waals surface area (Å²) in [7, 11) is -0.918. The Morgan fingerprint density at radius 2 is 1.96 bits per heavy atom. The zero-order chi connectivity index (χ0) is 17.5. The van der Waals surface area contributed by atoms with Crippen LogP contribution in [0, 0.1) is 10.7 Å². The summed E-state index contributed by atoms with van der Waals surface area (Å²) in [6.07, 6.45) is 0.715. The van der Waals surface area contributed by atoms with Gasteiger partial charge in [-0.05, 0) is 36.7 Å². The third-order valence-corrected chi connectivity index (χ3v) is 6.94. The Morgan fingerprint density at radius 3 is 2.54 bits per heavy atom. The van der Waals surface area contributed by atoms with Gasteiger partial charge in [-0.3, -0.25) is 4.90 Å². The van der Waals surface area contributed by atoms with Gasteiger partial charge in [0.2, 0.25) is 0 Å². The fourth-order valence-corrected chi connectivity index (χ4v) is 5.55. The summed E-state index contributed by atoms with van der Waals surface area (Å²) in [5.41, 5.74) is 2.20. The van der Waals surface area contributed by atoms with E-state index in [2.05, 4.69) is 35.4 Å². The molecule has 7 heteroatoms. The van der Waals surface area contributed by atoms with Crippen molar-refractivity contribution in [1.82, 2.24) is 14.0 Å². The molecule has 0 amide bonds. The van der Waals surface area contributed by atoms with Gasteiger partial charge in [0.1, 0.15) is 0 Å². The van der Waals surface area contributed by atoms with E-state index in [0.29, 0.717) is 24.8 Å². The molecule has 1 aromatic heterocycles. The number of para-hydroxylation sites is 2. The maximum atomic E-state index is 11.9. The van der Waals surface area contributed by atoms with Crippen LogP contribution < -0.4 is 0 Å². The molecule has 132 valence electrons. The smallest absolute Gasteiger partial charge is 0.181 e. The molecule has 0 radical (unpaired) electrons. The van der Waals surface area contributed by atoms with Crippen LogP contribution >= 0.6 is 12.2 Å². The van der Waals surface area contributed by atoms with E-state index in [1.807, 2.05) is 23.7 Å². The van der Waals surface area contributed by atoms with Crippen LogP contribution in [0.15, 0.2) is 24.3 Å². The molecule has 1 fully saturated rings. The molecule has 5 nitrogen and oxygen atoms in total. The highest BCUT2D eigenvalue weighted by Gasteiger charge is 2.32. The number of sulfone groups is 1. The first kappa shape index (κ1) is 17.6. The zero-order valence-corrected chi connectivity index (χ0v) is 16.1. The van der Waals surface area contributed by atoms with E-state index in [1.165, 1.54) is 0 Å². The lowest BCUT2D eigenvalue weighted by atomic mass is 10.1. The number of aromatic nitrogens is 2. The highest BCUT2D eigenvalue weighted by molar-refractivity contribution is 7.91. The van der Waals surface area contributed by atoms with Crippen molar-refractivity contribution in [1.29, 1.82) is 0 Å². The second kappa shape index (κ2) is 6.61. The van der Waals surface area contributed by atoms with Crippen LogP contribution in [0.1, 0.15) is 20.3 Å². The molecule has 1 aliphatic rings. The van der Waals surface area contributed by atoms with Crippen LogP contribution in [0.25, 0.3) is 11.0 Å². The van der Waals surface area contributed by atoms with Crippen molar-refractivity contribution in [3.8, 4) is 0 Å². The van der Waals surface area contributed by atoms with E-state index >= 15 is 0 Å². The first-order valence-electron chi connectivity index (χ1n) is 8.37. The molecule has 0 saturated carbocycles.